The van der Waals surface area contributed by atoms with Gasteiger partial charge in [0.25, 0.3) is 0 Å². The van der Waals surface area contributed by atoms with Crippen LogP contribution < -0.4 is 9.47 Å². The van der Waals surface area contributed by atoms with Crippen molar-refractivity contribution in [1.82, 2.24) is 4.90 Å². The summed E-state index contributed by atoms with van der Waals surface area (Å²) in [6.45, 7) is 7.93. The van der Waals surface area contributed by atoms with Gasteiger partial charge in [-0.1, -0.05) is 32.8 Å². The molecule has 2 fully saturated rings. The van der Waals surface area contributed by atoms with Crippen molar-refractivity contribution in [2.24, 2.45) is 11.8 Å². The summed E-state index contributed by atoms with van der Waals surface area (Å²) in [5, 5.41) is 0. The molecule has 0 amide bonds. The van der Waals surface area contributed by atoms with Gasteiger partial charge in [-0.25, -0.2) is 0 Å². The van der Waals surface area contributed by atoms with Crippen LogP contribution in [0.4, 0.5) is 0 Å². The van der Waals surface area contributed by atoms with Crippen LogP contribution in [-0.4, -0.2) is 32.2 Å². The highest BCUT2D eigenvalue weighted by molar-refractivity contribution is 5.51. The van der Waals surface area contributed by atoms with Gasteiger partial charge in [0.05, 0.1) is 14.2 Å². The Morgan fingerprint density at radius 1 is 1.04 bits per heavy atom. The maximum atomic E-state index is 5.80. The van der Waals surface area contributed by atoms with Crippen molar-refractivity contribution in [2.45, 2.75) is 52.0 Å². The number of ether oxygens (including phenoxy) is 2. The van der Waals surface area contributed by atoms with E-state index in [1.165, 1.54) is 49.9 Å². The molecule has 1 aliphatic carbocycles. The van der Waals surface area contributed by atoms with Gasteiger partial charge < -0.3 is 9.47 Å². The number of benzene rings is 1. The van der Waals surface area contributed by atoms with E-state index in [1.807, 2.05) is 0 Å². The second-order valence-corrected chi connectivity index (χ2v) is 7.53. The van der Waals surface area contributed by atoms with Gasteiger partial charge in [0.1, 0.15) is 11.5 Å². The van der Waals surface area contributed by atoms with Crippen molar-refractivity contribution in [2.75, 3.05) is 27.3 Å². The SMILES string of the molecule is COc1ccc(CN2CC3CCCCC3C2)c(OC)c1C(C)C. The van der Waals surface area contributed by atoms with Crippen LogP contribution >= 0.6 is 0 Å². The number of nitrogens with zero attached hydrogens (tertiary/aromatic N) is 1. The van der Waals surface area contributed by atoms with Crippen LogP contribution in [0.3, 0.4) is 0 Å². The Kier molecular flexibility index (Phi) is 5.15. The summed E-state index contributed by atoms with van der Waals surface area (Å²) in [5.74, 6) is 4.21. The predicted octanol–water partition coefficient (Wildman–Crippen LogP) is 4.45. The highest BCUT2D eigenvalue weighted by Crippen LogP contribution is 2.40. The van der Waals surface area contributed by atoms with Crippen LogP contribution in [0.15, 0.2) is 12.1 Å². The predicted molar refractivity (Wildman–Crippen MR) is 94.4 cm³/mol. The molecule has 2 atom stereocenters. The summed E-state index contributed by atoms with van der Waals surface area (Å²) < 4.78 is 11.4. The van der Waals surface area contributed by atoms with Crippen LogP contribution in [0.5, 0.6) is 11.5 Å². The molecule has 23 heavy (non-hydrogen) atoms. The lowest BCUT2D eigenvalue weighted by molar-refractivity contribution is 0.299. The topological polar surface area (TPSA) is 21.7 Å². The van der Waals surface area contributed by atoms with Crippen molar-refractivity contribution in [3.63, 3.8) is 0 Å². The fourth-order valence-corrected chi connectivity index (χ4v) is 4.59. The van der Waals surface area contributed by atoms with Gasteiger partial charge in [0.2, 0.25) is 0 Å². The van der Waals surface area contributed by atoms with E-state index in [2.05, 4.69) is 30.9 Å². The van der Waals surface area contributed by atoms with Crippen LogP contribution in [0, 0.1) is 11.8 Å². The molecule has 0 bridgehead atoms. The maximum absolute atomic E-state index is 5.80. The molecule has 0 aromatic heterocycles. The van der Waals surface area contributed by atoms with E-state index in [4.69, 9.17) is 9.47 Å². The molecule has 1 aromatic carbocycles. The second-order valence-electron chi connectivity index (χ2n) is 7.53. The minimum Gasteiger partial charge on any atom is -0.496 e. The van der Waals surface area contributed by atoms with E-state index >= 15 is 0 Å². The van der Waals surface area contributed by atoms with Crippen LogP contribution in [0.2, 0.25) is 0 Å². The zero-order valence-corrected chi connectivity index (χ0v) is 15.1. The lowest BCUT2D eigenvalue weighted by atomic mass is 9.82. The summed E-state index contributed by atoms with van der Waals surface area (Å²) in [7, 11) is 3.53. The monoisotopic (exact) mass is 317 g/mol. The standard InChI is InChI=1S/C20H31NO2/c1-14(2)19-18(22-3)10-9-17(20(19)23-4)13-21-11-15-7-5-6-8-16(15)12-21/h9-10,14-16H,5-8,11-13H2,1-4H3. The Hall–Kier alpha value is -1.22. The van der Waals surface area contributed by atoms with E-state index in [0.29, 0.717) is 5.92 Å². The summed E-state index contributed by atoms with van der Waals surface area (Å²) in [5.41, 5.74) is 2.50. The zero-order chi connectivity index (χ0) is 16.4. The summed E-state index contributed by atoms with van der Waals surface area (Å²) in [4.78, 5) is 2.63. The molecule has 3 nitrogen and oxygen atoms in total. The first-order valence-corrected chi connectivity index (χ1v) is 9.10. The molecule has 0 spiro atoms. The highest BCUT2D eigenvalue weighted by Gasteiger charge is 2.34. The van der Waals surface area contributed by atoms with Crippen molar-refractivity contribution in [3.8, 4) is 11.5 Å². The Labute approximate surface area is 141 Å². The van der Waals surface area contributed by atoms with E-state index in [1.54, 1.807) is 14.2 Å². The molecule has 1 aliphatic heterocycles. The fraction of sp³-hybridized carbons (Fsp3) is 0.700. The van der Waals surface area contributed by atoms with E-state index in [-0.39, 0.29) is 0 Å². The second kappa shape index (κ2) is 7.12. The molecule has 128 valence electrons. The largest absolute Gasteiger partial charge is 0.496 e. The Morgan fingerprint density at radius 2 is 1.70 bits per heavy atom. The molecule has 3 rings (SSSR count). The number of methoxy groups -OCH3 is 2. The van der Waals surface area contributed by atoms with Gasteiger partial charge in [-0.2, -0.15) is 0 Å². The van der Waals surface area contributed by atoms with Gasteiger partial charge in [-0.05, 0) is 36.7 Å². The van der Waals surface area contributed by atoms with Gasteiger partial charge in [-0.3, -0.25) is 4.90 Å². The van der Waals surface area contributed by atoms with Gasteiger partial charge in [0, 0.05) is 30.8 Å². The number of fused-ring (bicyclic) bond motifs is 1. The van der Waals surface area contributed by atoms with Gasteiger partial charge in [-0.15, -0.1) is 0 Å². The minimum atomic E-state index is 0.390. The third-order valence-electron chi connectivity index (χ3n) is 5.68. The average Bonchev–Trinajstić information content (AvgIpc) is 2.96. The number of hydrogen-bond donors (Lipinski definition) is 0. The van der Waals surface area contributed by atoms with E-state index < -0.39 is 0 Å². The van der Waals surface area contributed by atoms with Crippen LogP contribution in [0.25, 0.3) is 0 Å². The first-order valence-electron chi connectivity index (χ1n) is 9.10. The van der Waals surface area contributed by atoms with E-state index in [0.717, 1.165) is 29.9 Å². The first kappa shape index (κ1) is 16.6. The molecule has 1 heterocycles. The average molecular weight is 317 g/mol. The quantitative estimate of drug-likeness (QED) is 0.801. The number of rotatable bonds is 5. The molecule has 1 aromatic rings. The summed E-state index contributed by atoms with van der Waals surface area (Å²) >= 11 is 0. The molecule has 0 N–H and O–H groups in total. The molecule has 0 radical (unpaired) electrons. The summed E-state index contributed by atoms with van der Waals surface area (Å²) in [6.07, 6.45) is 5.72. The Morgan fingerprint density at radius 3 is 2.22 bits per heavy atom. The van der Waals surface area contributed by atoms with Crippen molar-refractivity contribution in [3.05, 3.63) is 23.3 Å². The normalized spacial score (nSPS) is 24.7. The van der Waals surface area contributed by atoms with E-state index in [9.17, 15) is 0 Å². The third kappa shape index (κ3) is 3.35. The van der Waals surface area contributed by atoms with Crippen molar-refractivity contribution in [1.29, 1.82) is 0 Å². The smallest absolute Gasteiger partial charge is 0.130 e. The molecule has 1 saturated heterocycles. The lowest BCUT2D eigenvalue weighted by Crippen LogP contribution is -2.21. The Bertz CT molecular complexity index is 527. The van der Waals surface area contributed by atoms with Gasteiger partial charge in [0.15, 0.2) is 0 Å². The van der Waals surface area contributed by atoms with Crippen molar-refractivity contribution < 1.29 is 9.47 Å². The van der Waals surface area contributed by atoms with Gasteiger partial charge >= 0.3 is 0 Å². The molecule has 2 unspecified atom stereocenters. The summed E-state index contributed by atoms with van der Waals surface area (Å²) in [6, 6.07) is 4.29. The minimum absolute atomic E-state index is 0.390. The van der Waals surface area contributed by atoms with Crippen LogP contribution in [0.1, 0.15) is 56.6 Å². The fourth-order valence-electron chi connectivity index (χ4n) is 4.59. The van der Waals surface area contributed by atoms with Crippen LogP contribution in [-0.2, 0) is 6.54 Å². The molecule has 1 saturated carbocycles. The molecule has 3 heteroatoms. The molecular weight excluding hydrogens is 286 g/mol. The van der Waals surface area contributed by atoms with Crippen molar-refractivity contribution >= 4 is 0 Å². The maximum Gasteiger partial charge on any atom is 0.130 e. The first-order chi connectivity index (χ1) is 11.1. The number of hydrogen-bond acceptors (Lipinski definition) is 3. The Balaban J connectivity index is 1.81. The lowest BCUT2D eigenvalue weighted by Gasteiger charge is -2.23. The molecule has 2 aliphatic rings. The highest BCUT2D eigenvalue weighted by atomic mass is 16.5. The molecular formula is C20H31NO2. The zero-order valence-electron chi connectivity index (χ0n) is 15.1. The number of likely N-dealkylation sites (tertiary alicyclic amines) is 1. The third-order valence-corrected chi connectivity index (χ3v) is 5.68.